The number of aromatic nitrogens is 1. The molecule has 0 bridgehead atoms. The predicted octanol–water partition coefficient (Wildman–Crippen LogP) is 5.03. The van der Waals surface area contributed by atoms with Gasteiger partial charge in [-0.05, 0) is 53.3 Å². The van der Waals surface area contributed by atoms with Crippen molar-refractivity contribution in [2.45, 2.75) is 44.7 Å². The molecule has 0 saturated heterocycles. The molecule has 0 spiro atoms. The summed E-state index contributed by atoms with van der Waals surface area (Å²) in [5, 5.41) is 3.13. The highest BCUT2D eigenvalue weighted by Crippen LogP contribution is 2.32. The van der Waals surface area contributed by atoms with Gasteiger partial charge in [-0.2, -0.15) is 13.2 Å². The van der Waals surface area contributed by atoms with Crippen molar-refractivity contribution < 1.29 is 18.0 Å². The SMILES string of the molecule is O=C(NC1CCc2ccccc21)c1cnc2c(c1)CN(Cc1ccc(C(F)(F)F)cc1)C2. The van der Waals surface area contributed by atoms with Gasteiger partial charge in [0, 0.05) is 25.8 Å². The fourth-order valence-electron chi connectivity index (χ4n) is 4.57. The molecule has 1 unspecified atom stereocenters. The first-order valence-electron chi connectivity index (χ1n) is 10.6. The number of nitrogens with one attached hydrogen (secondary N) is 1. The number of rotatable bonds is 4. The van der Waals surface area contributed by atoms with Crippen molar-refractivity contribution in [1.82, 2.24) is 15.2 Å². The molecule has 2 heterocycles. The van der Waals surface area contributed by atoms with Gasteiger partial charge in [0.15, 0.2) is 0 Å². The first kappa shape index (κ1) is 20.7. The van der Waals surface area contributed by atoms with Crippen molar-refractivity contribution in [3.63, 3.8) is 0 Å². The summed E-state index contributed by atoms with van der Waals surface area (Å²) in [4.78, 5) is 19.4. The molecule has 5 rings (SSSR count). The summed E-state index contributed by atoms with van der Waals surface area (Å²) in [6.45, 7) is 1.74. The maximum absolute atomic E-state index is 12.8. The highest BCUT2D eigenvalue weighted by molar-refractivity contribution is 5.94. The molecule has 164 valence electrons. The third-order valence-corrected chi connectivity index (χ3v) is 6.22. The van der Waals surface area contributed by atoms with Crippen molar-refractivity contribution in [2.24, 2.45) is 0 Å². The van der Waals surface area contributed by atoms with Crippen LogP contribution in [0.5, 0.6) is 0 Å². The van der Waals surface area contributed by atoms with E-state index in [0.29, 0.717) is 25.2 Å². The van der Waals surface area contributed by atoms with E-state index in [0.717, 1.165) is 41.8 Å². The lowest BCUT2D eigenvalue weighted by molar-refractivity contribution is -0.137. The standard InChI is InChI=1S/C25H22F3N3O/c26-25(27,28)20-8-5-16(6-9-20)13-31-14-19-11-18(12-29-23(19)15-31)24(32)30-22-10-7-17-3-1-2-4-21(17)22/h1-6,8-9,11-12,22H,7,10,13-15H2,(H,30,32). The minimum absolute atomic E-state index is 0.0168. The van der Waals surface area contributed by atoms with Crippen molar-refractivity contribution >= 4 is 5.91 Å². The number of aryl methyl sites for hydroxylation is 1. The fourth-order valence-corrected chi connectivity index (χ4v) is 4.57. The molecular weight excluding hydrogens is 415 g/mol. The number of alkyl halides is 3. The minimum atomic E-state index is -4.33. The first-order chi connectivity index (χ1) is 15.4. The van der Waals surface area contributed by atoms with Crippen LogP contribution in [0.15, 0.2) is 60.8 Å². The topological polar surface area (TPSA) is 45.2 Å². The van der Waals surface area contributed by atoms with E-state index in [4.69, 9.17) is 0 Å². The Labute approximate surface area is 184 Å². The van der Waals surface area contributed by atoms with Gasteiger partial charge in [-0.15, -0.1) is 0 Å². The molecule has 0 fully saturated rings. The lowest BCUT2D eigenvalue weighted by Gasteiger charge is -2.15. The summed E-state index contributed by atoms with van der Waals surface area (Å²) in [7, 11) is 0. The van der Waals surface area contributed by atoms with Crippen LogP contribution in [-0.2, 0) is 32.2 Å². The van der Waals surface area contributed by atoms with E-state index < -0.39 is 11.7 Å². The van der Waals surface area contributed by atoms with E-state index in [-0.39, 0.29) is 11.9 Å². The van der Waals surface area contributed by atoms with E-state index in [1.807, 2.05) is 18.2 Å². The largest absolute Gasteiger partial charge is 0.416 e. The zero-order chi connectivity index (χ0) is 22.3. The molecule has 1 aromatic heterocycles. The van der Waals surface area contributed by atoms with Crippen molar-refractivity contribution in [2.75, 3.05) is 0 Å². The molecule has 3 aromatic rings. The lowest BCUT2D eigenvalue weighted by Crippen LogP contribution is -2.27. The summed E-state index contributed by atoms with van der Waals surface area (Å²) < 4.78 is 38.3. The number of nitrogens with zero attached hydrogens (tertiary/aromatic N) is 2. The Hall–Kier alpha value is -3.19. The molecule has 1 aliphatic heterocycles. The Morgan fingerprint density at radius 1 is 1.06 bits per heavy atom. The van der Waals surface area contributed by atoms with E-state index in [1.54, 1.807) is 6.20 Å². The number of hydrogen-bond acceptors (Lipinski definition) is 3. The molecule has 4 nitrogen and oxygen atoms in total. The lowest BCUT2D eigenvalue weighted by atomic mass is 10.1. The predicted molar refractivity (Wildman–Crippen MR) is 114 cm³/mol. The summed E-state index contributed by atoms with van der Waals surface area (Å²) in [5.41, 5.74) is 5.04. The van der Waals surface area contributed by atoms with Crippen LogP contribution in [0.1, 0.15) is 56.3 Å². The smallest absolute Gasteiger partial charge is 0.345 e. The van der Waals surface area contributed by atoms with Gasteiger partial charge in [0.25, 0.3) is 5.91 Å². The van der Waals surface area contributed by atoms with E-state index in [2.05, 4.69) is 27.3 Å². The van der Waals surface area contributed by atoms with Crippen LogP contribution in [0.3, 0.4) is 0 Å². The van der Waals surface area contributed by atoms with E-state index in [9.17, 15) is 18.0 Å². The molecule has 1 amide bonds. The highest BCUT2D eigenvalue weighted by Gasteiger charge is 2.30. The number of carbonyl (C=O) groups excluding carboxylic acids is 1. The molecular formula is C25H22F3N3O. The number of halogens is 3. The van der Waals surface area contributed by atoms with Gasteiger partial charge in [0.05, 0.1) is 22.9 Å². The average molecular weight is 437 g/mol. The maximum Gasteiger partial charge on any atom is 0.416 e. The Morgan fingerprint density at radius 2 is 1.84 bits per heavy atom. The number of amides is 1. The second kappa shape index (κ2) is 8.06. The van der Waals surface area contributed by atoms with Gasteiger partial charge in [-0.1, -0.05) is 36.4 Å². The number of hydrogen-bond donors (Lipinski definition) is 1. The van der Waals surface area contributed by atoms with Crippen molar-refractivity contribution in [3.05, 3.63) is 99.9 Å². The van der Waals surface area contributed by atoms with Gasteiger partial charge in [-0.3, -0.25) is 14.7 Å². The van der Waals surface area contributed by atoms with Gasteiger partial charge in [0.2, 0.25) is 0 Å². The number of carbonyl (C=O) groups is 1. The zero-order valence-electron chi connectivity index (χ0n) is 17.3. The quantitative estimate of drug-likeness (QED) is 0.623. The average Bonchev–Trinajstić information content (AvgIpc) is 3.36. The second-order valence-electron chi connectivity index (χ2n) is 8.43. The second-order valence-corrected chi connectivity index (χ2v) is 8.43. The number of pyridine rings is 1. The van der Waals surface area contributed by atoms with Gasteiger partial charge in [0.1, 0.15) is 0 Å². The number of benzene rings is 2. The fraction of sp³-hybridized carbons (Fsp3) is 0.280. The van der Waals surface area contributed by atoms with Crippen LogP contribution in [-0.4, -0.2) is 15.8 Å². The maximum atomic E-state index is 12.8. The molecule has 7 heteroatoms. The van der Waals surface area contributed by atoms with Crippen LogP contribution < -0.4 is 5.32 Å². The molecule has 2 aromatic carbocycles. The molecule has 32 heavy (non-hydrogen) atoms. The monoisotopic (exact) mass is 437 g/mol. The molecule has 1 N–H and O–H groups in total. The van der Waals surface area contributed by atoms with Crippen LogP contribution in [0.25, 0.3) is 0 Å². The highest BCUT2D eigenvalue weighted by atomic mass is 19.4. The Morgan fingerprint density at radius 3 is 2.62 bits per heavy atom. The summed E-state index contributed by atoms with van der Waals surface area (Å²) >= 11 is 0. The van der Waals surface area contributed by atoms with Crippen molar-refractivity contribution in [1.29, 1.82) is 0 Å². The van der Waals surface area contributed by atoms with E-state index >= 15 is 0 Å². The Bertz CT molecular complexity index is 1160. The zero-order valence-corrected chi connectivity index (χ0v) is 17.3. The van der Waals surface area contributed by atoms with Gasteiger partial charge < -0.3 is 5.32 Å². The number of fused-ring (bicyclic) bond motifs is 2. The Kier molecular flexibility index (Phi) is 5.21. The van der Waals surface area contributed by atoms with Crippen LogP contribution in [0.2, 0.25) is 0 Å². The van der Waals surface area contributed by atoms with Crippen molar-refractivity contribution in [3.8, 4) is 0 Å². The Balaban J connectivity index is 1.23. The van der Waals surface area contributed by atoms with Crippen LogP contribution >= 0.6 is 0 Å². The summed E-state index contributed by atoms with van der Waals surface area (Å²) in [6, 6.07) is 15.3. The summed E-state index contributed by atoms with van der Waals surface area (Å²) in [5.74, 6) is -0.136. The normalized spacial score (nSPS) is 17.8. The third-order valence-electron chi connectivity index (χ3n) is 6.22. The third kappa shape index (κ3) is 4.12. The van der Waals surface area contributed by atoms with Gasteiger partial charge >= 0.3 is 6.18 Å². The van der Waals surface area contributed by atoms with Crippen LogP contribution in [0.4, 0.5) is 13.2 Å². The first-order valence-corrected chi connectivity index (χ1v) is 10.6. The molecule has 1 aliphatic carbocycles. The molecule has 0 radical (unpaired) electrons. The minimum Gasteiger partial charge on any atom is -0.345 e. The molecule has 2 aliphatic rings. The molecule has 1 atom stereocenters. The van der Waals surface area contributed by atoms with E-state index in [1.165, 1.54) is 23.3 Å². The molecule has 0 saturated carbocycles. The van der Waals surface area contributed by atoms with Crippen LogP contribution in [0, 0.1) is 0 Å². The van der Waals surface area contributed by atoms with Gasteiger partial charge in [-0.25, -0.2) is 0 Å². The summed E-state index contributed by atoms with van der Waals surface area (Å²) in [6.07, 6.45) is -0.868.